The van der Waals surface area contributed by atoms with Crippen LogP contribution in [-0.4, -0.2) is 25.7 Å². The van der Waals surface area contributed by atoms with Gasteiger partial charge in [-0.25, -0.2) is 0 Å². The van der Waals surface area contributed by atoms with Crippen molar-refractivity contribution in [3.8, 4) is 5.75 Å². The smallest absolute Gasteiger partial charge is 0.309 e. The number of hydrogen-bond donors (Lipinski definition) is 1. The molecule has 0 amide bonds. The van der Waals surface area contributed by atoms with E-state index in [0.29, 0.717) is 18.1 Å². The van der Waals surface area contributed by atoms with Gasteiger partial charge in [0.2, 0.25) is 0 Å². The lowest BCUT2D eigenvalue weighted by molar-refractivity contribution is -0.144. The van der Waals surface area contributed by atoms with Crippen molar-refractivity contribution in [1.82, 2.24) is 5.32 Å². The number of carbonyl (C=O) groups excluding carboxylic acids is 1. The summed E-state index contributed by atoms with van der Waals surface area (Å²) >= 11 is 0. The third-order valence-electron chi connectivity index (χ3n) is 6.46. The fraction of sp³-hybridized carbons (Fsp3) is 0.577. The first kappa shape index (κ1) is 22.6. The van der Waals surface area contributed by atoms with Crippen molar-refractivity contribution in [3.05, 3.63) is 42.0 Å². The standard InChI is InChI=1S/C26H37NO3/c1-18(25(28)29-5)16-27-17-19-6-7-21-15-24(11-8-20(21)14-19)30-23-12-9-22(10-13-23)26(2,3)4/h6-8,11,14-15,18,22-23,27H,9-10,12-13,16-17H2,1-5H3/t18?,22-,23-. The number of fused-ring (bicyclic) bond motifs is 1. The highest BCUT2D eigenvalue weighted by atomic mass is 16.5. The molecule has 1 unspecified atom stereocenters. The molecular formula is C26H37NO3. The molecule has 0 bridgehead atoms. The van der Waals surface area contributed by atoms with E-state index in [2.05, 4.69) is 62.5 Å². The van der Waals surface area contributed by atoms with E-state index >= 15 is 0 Å². The molecule has 0 saturated heterocycles. The number of methoxy groups -OCH3 is 1. The van der Waals surface area contributed by atoms with E-state index in [1.807, 2.05) is 6.92 Å². The molecule has 1 saturated carbocycles. The van der Waals surface area contributed by atoms with E-state index in [0.717, 1.165) is 31.1 Å². The lowest BCUT2D eigenvalue weighted by Crippen LogP contribution is -2.30. The predicted octanol–water partition coefficient (Wildman–Crippen LogP) is 5.72. The van der Waals surface area contributed by atoms with Crippen LogP contribution in [0.15, 0.2) is 36.4 Å². The van der Waals surface area contributed by atoms with E-state index < -0.39 is 0 Å². The quantitative estimate of drug-likeness (QED) is 0.592. The summed E-state index contributed by atoms with van der Waals surface area (Å²) in [6.07, 6.45) is 5.14. The lowest BCUT2D eigenvalue weighted by Gasteiger charge is -2.37. The number of rotatable bonds is 7. The molecular weight excluding hydrogens is 374 g/mol. The summed E-state index contributed by atoms with van der Waals surface area (Å²) in [5.41, 5.74) is 1.60. The Kier molecular flexibility index (Phi) is 7.41. The third kappa shape index (κ3) is 5.98. The zero-order valence-corrected chi connectivity index (χ0v) is 19.2. The predicted molar refractivity (Wildman–Crippen MR) is 123 cm³/mol. The van der Waals surface area contributed by atoms with Crippen LogP contribution in [0.4, 0.5) is 0 Å². The fourth-order valence-electron chi connectivity index (χ4n) is 4.41. The summed E-state index contributed by atoms with van der Waals surface area (Å²) in [7, 11) is 1.43. The summed E-state index contributed by atoms with van der Waals surface area (Å²) in [5.74, 6) is 1.45. The third-order valence-corrected chi connectivity index (χ3v) is 6.46. The van der Waals surface area contributed by atoms with Crippen LogP contribution >= 0.6 is 0 Å². The topological polar surface area (TPSA) is 47.6 Å². The van der Waals surface area contributed by atoms with Crippen LogP contribution in [0, 0.1) is 17.3 Å². The van der Waals surface area contributed by atoms with Crippen molar-refractivity contribution in [1.29, 1.82) is 0 Å². The van der Waals surface area contributed by atoms with Gasteiger partial charge in [-0.3, -0.25) is 4.79 Å². The Morgan fingerprint density at radius 1 is 1.07 bits per heavy atom. The Morgan fingerprint density at radius 3 is 2.40 bits per heavy atom. The number of benzene rings is 2. The Labute approximate surface area is 181 Å². The van der Waals surface area contributed by atoms with Crippen molar-refractivity contribution < 1.29 is 14.3 Å². The van der Waals surface area contributed by atoms with Crippen molar-refractivity contribution in [2.24, 2.45) is 17.3 Å². The van der Waals surface area contributed by atoms with E-state index in [9.17, 15) is 4.79 Å². The van der Waals surface area contributed by atoms with Crippen LogP contribution in [-0.2, 0) is 16.1 Å². The molecule has 0 aliphatic heterocycles. The largest absolute Gasteiger partial charge is 0.490 e. The Hall–Kier alpha value is -2.07. The van der Waals surface area contributed by atoms with Crippen molar-refractivity contribution in [2.45, 2.75) is 66.0 Å². The average Bonchev–Trinajstić information content (AvgIpc) is 2.72. The van der Waals surface area contributed by atoms with E-state index in [4.69, 9.17) is 9.47 Å². The van der Waals surface area contributed by atoms with Gasteiger partial charge in [0.05, 0.1) is 19.1 Å². The minimum Gasteiger partial charge on any atom is -0.490 e. The highest BCUT2D eigenvalue weighted by molar-refractivity contribution is 5.84. The molecule has 164 valence electrons. The zero-order chi connectivity index (χ0) is 21.7. The normalized spacial score (nSPS) is 20.7. The second-order valence-corrected chi connectivity index (χ2v) is 9.86. The molecule has 3 rings (SSSR count). The molecule has 1 atom stereocenters. The van der Waals surface area contributed by atoms with Crippen LogP contribution in [0.3, 0.4) is 0 Å². The Bertz CT molecular complexity index is 847. The fourth-order valence-corrected chi connectivity index (χ4v) is 4.41. The molecule has 0 spiro atoms. The SMILES string of the molecule is COC(=O)C(C)CNCc1ccc2cc(O[C@H]3CC[C@H](C(C)(C)C)CC3)ccc2c1. The van der Waals surface area contributed by atoms with Crippen molar-refractivity contribution in [2.75, 3.05) is 13.7 Å². The van der Waals surface area contributed by atoms with Gasteiger partial charge in [-0.05, 0) is 71.6 Å². The Balaban J connectivity index is 1.54. The van der Waals surface area contributed by atoms with Crippen molar-refractivity contribution in [3.63, 3.8) is 0 Å². The van der Waals surface area contributed by atoms with E-state index in [1.165, 1.54) is 36.3 Å². The van der Waals surface area contributed by atoms with Gasteiger partial charge in [0, 0.05) is 13.1 Å². The summed E-state index contributed by atoms with van der Waals surface area (Å²) in [4.78, 5) is 11.5. The summed E-state index contributed by atoms with van der Waals surface area (Å²) in [6.45, 7) is 10.3. The van der Waals surface area contributed by atoms with Crippen LogP contribution in [0.1, 0.15) is 58.9 Å². The number of hydrogen-bond acceptors (Lipinski definition) is 4. The minimum atomic E-state index is -0.180. The number of esters is 1. The van der Waals surface area contributed by atoms with Gasteiger partial charge >= 0.3 is 5.97 Å². The van der Waals surface area contributed by atoms with E-state index in [-0.39, 0.29) is 11.9 Å². The second-order valence-electron chi connectivity index (χ2n) is 9.86. The monoisotopic (exact) mass is 411 g/mol. The van der Waals surface area contributed by atoms with Crippen LogP contribution in [0.25, 0.3) is 10.8 Å². The van der Waals surface area contributed by atoms with Crippen molar-refractivity contribution >= 4 is 16.7 Å². The average molecular weight is 412 g/mol. The number of carbonyl (C=O) groups is 1. The molecule has 1 aliphatic carbocycles. The summed E-state index contributed by atoms with van der Waals surface area (Å²) in [6, 6.07) is 12.9. The lowest BCUT2D eigenvalue weighted by atomic mass is 9.72. The van der Waals surface area contributed by atoms with Gasteiger partial charge in [0.25, 0.3) is 0 Å². The van der Waals surface area contributed by atoms with Crippen LogP contribution in [0.2, 0.25) is 0 Å². The molecule has 0 radical (unpaired) electrons. The maximum atomic E-state index is 11.5. The van der Waals surface area contributed by atoms with Gasteiger partial charge in [0.1, 0.15) is 5.75 Å². The molecule has 4 nitrogen and oxygen atoms in total. The molecule has 0 aromatic heterocycles. The second kappa shape index (κ2) is 9.82. The van der Waals surface area contributed by atoms with Gasteiger partial charge < -0.3 is 14.8 Å². The highest BCUT2D eigenvalue weighted by Gasteiger charge is 2.30. The Morgan fingerprint density at radius 2 is 1.73 bits per heavy atom. The van der Waals surface area contributed by atoms with Gasteiger partial charge in [0.15, 0.2) is 0 Å². The molecule has 0 heterocycles. The van der Waals surface area contributed by atoms with Crippen LogP contribution in [0.5, 0.6) is 5.75 Å². The first-order valence-corrected chi connectivity index (χ1v) is 11.2. The molecule has 30 heavy (non-hydrogen) atoms. The minimum absolute atomic E-state index is 0.145. The maximum Gasteiger partial charge on any atom is 0.309 e. The number of nitrogens with one attached hydrogen (secondary N) is 1. The zero-order valence-electron chi connectivity index (χ0n) is 19.2. The van der Waals surface area contributed by atoms with Crippen LogP contribution < -0.4 is 10.1 Å². The molecule has 2 aromatic carbocycles. The first-order chi connectivity index (χ1) is 14.3. The molecule has 1 fully saturated rings. The van der Waals surface area contributed by atoms with Gasteiger partial charge in [-0.15, -0.1) is 0 Å². The molecule has 4 heteroatoms. The summed E-state index contributed by atoms with van der Waals surface area (Å²) in [5, 5.41) is 5.74. The molecule has 1 N–H and O–H groups in total. The first-order valence-electron chi connectivity index (χ1n) is 11.2. The van der Waals surface area contributed by atoms with Gasteiger partial charge in [-0.1, -0.05) is 45.9 Å². The highest BCUT2D eigenvalue weighted by Crippen LogP contribution is 2.39. The molecule has 2 aromatic rings. The maximum absolute atomic E-state index is 11.5. The summed E-state index contributed by atoms with van der Waals surface area (Å²) < 4.78 is 11.1. The van der Waals surface area contributed by atoms with Gasteiger partial charge in [-0.2, -0.15) is 0 Å². The molecule has 1 aliphatic rings. The number of ether oxygens (including phenoxy) is 2. The van der Waals surface area contributed by atoms with E-state index in [1.54, 1.807) is 0 Å².